The smallest absolute Gasteiger partial charge is 0.418 e. The minimum absolute atomic E-state index is 0.0603. The van der Waals surface area contributed by atoms with Crippen LogP contribution in [0.4, 0.5) is 18.9 Å². The number of fused-ring (bicyclic) bond motifs is 3. The van der Waals surface area contributed by atoms with E-state index in [9.17, 15) is 27.6 Å². The van der Waals surface area contributed by atoms with Gasteiger partial charge in [-0.15, -0.1) is 0 Å². The summed E-state index contributed by atoms with van der Waals surface area (Å²) >= 11 is 5.93. The first kappa shape index (κ1) is 23.4. The first-order chi connectivity index (χ1) is 17.1. The molecule has 36 heavy (non-hydrogen) atoms. The van der Waals surface area contributed by atoms with E-state index in [2.05, 4.69) is 5.32 Å². The van der Waals surface area contributed by atoms with Crippen LogP contribution in [0.15, 0.2) is 86.8 Å². The zero-order valence-electron chi connectivity index (χ0n) is 18.2. The van der Waals surface area contributed by atoms with Crippen molar-refractivity contribution in [2.24, 2.45) is 0 Å². The Morgan fingerprint density at radius 2 is 1.61 bits per heavy atom. The van der Waals surface area contributed by atoms with Crippen LogP contribution in [0, 0.1) is 0 Å². The monoisotopic (exact) mass is 513 g/mol. The number of furan rings is 1. The van der Waals surface area contributed by atoms with Crippen LogP contribution < -0.4 is 16.6 Å². The molecule has 0 unspecified atom stereocenters. The second-order valence-corrected chi connectivity index (χ2v) is 8.29. The molecule has 1 amide bonds. The third kappa shape index (κ3) is 4.05. The summed E-state index contributed by atoms with van der Waals surface area (Å²) < 4.78 is 47.7. The normalized spacial score (nSPS) is 11.8. The highest BCUT2D eigenvalue weighted by molar-refractivity contribution is 6.30. The van der Waals surface area contributed by atoms with Gasteiger partial charge in [0.25, 0.3) is 0 Å². The summed E-state index contributed by atoms with van der Waals surface area (Å²) in [6.45, 7) is -0.682. The molecular weight excluding hydrogens is 499 g/mol. The number of hydrogen-bond acceptors (Lipinski definition) is 4. The van der Waals surface area contributed by atoms with Gasteiger partial charge in [-0.1, -0.05) is 35.9 Å². The predicted molar refractivity (Wildman–Crippen MR) is 129 cm³/mol. The summed E-state index contributed by atoms with van der Waals surface area (Å²) in [5.41, 5.74) is -2.77. The Morgan fingerprint density at radius 1 is 0.944 bits per heavy atom. The summed E-state index contributed by atoms with van der Waals surface area (Å²) in [6.07, 6.45) is -4.70. The van der Waals surface area contributed by atoms with E-state index in [1.165, 1.54) is 36.4 Å². The Kier molecular flexibility index (Phi) is 5.68. The lowest BCUT2D eigenvalue weighted by molar-refractivity contribution is -0.137. The number of anilines is 1. The Hall–Kier alpha value is -4.31. The molecule has 0 aliphatic heterocycles. The molecule has 2 heterocycles. The van der Waals surface area contributed by atoms with Crippen molar-refractivity contribution in [3.63, 3.8) is 0 Å². The largest absolute Gasteiger partial charge is 0.449 e. The molecule has 0 aliphatic carbocycles. The van der Waals surface area contributed by atoms with Gasteiger partial charge in [-0.25, -0.2) is 9.36 Å². The quantitative estimate of drug-likeness (QED) is 0.357. The fourth-order valence-electron chi connectivity index (χ4n) is 3.99. The predicted octanol–water partition coefficient (Wildman–Crippen LogP) is 5.21. The number of carbonyl (C=O) groups is 1. The van der Waals surface area contributed by atoms with Crippen molar-refractivity contribution in [2.45, 2.75) is 12.7 Å². The van der Waals surface area contributed by atoms with Crippen LogP contribution in [0.25, 0.3) is 27.8 Å². The fraction of sp³-hybridized carbons (Fsp3) is 0.0800. The second-order valence-electron chi connectivity index (χ2n) is 7.85. The number of aromatic nitrogens is 2. The molecule has 0 saturated heterocycles. The van der Waals surface area contributed by atoms with Gasteiger partial charge in [0, 0.05) is 10.4 Å². The molecule has 0 fully saturated rings. The zero-order chi connectivity index (χ0) is 25.6. The van der Waals surface area contributed by atoms with Gasteiger partial charge in [-0.2, -0.15) is 13.2 Å². The van der Waals surface area contributed by atoms with Crippen LogP contribution in [-0.2, 0) is 17.5 Å². The number of hydrogen-bond donors (Lipinski definition) is 1. The molecular formula is C25H15ClF3N3O4. The minimum atomic E-state index is -4.70. The van der Waals surface area contributed by atoms with Crippen molar-refractivity contribution in [3.8, 4) is 5.69 Å². The Morgan fingerprint density at radius 3 is 2.33 bits per heavy atom. The Bertz CT molecular complexity index is 1750. The summed E-state index contributed by atoms with van der Waals surface area (Å²) in [5, 5.41) is 3.00. The number of carbonyl (C=O) groups excluding carboxylic acids is 1. The van der Waals surface area contributed by atoms with Crippen LogP contribution in [0.2, 0.25) is 5.02 Å². The van der Waals surface area contributed by atoms with Gasteiger partial charge in [-0.05, 0) is 48.5 Å². The molecule has 0 saturated carbocycles. The van der Waals surface area contributed by atoms with Crippen LogP contribution in [0.5, 0.6) is 0 Å². The number of amides is 1. The van der Waals surface area contributed by atoms with E-state index in [4.69, 9.17) is 16.0 Å². The van der Waals surface area contributed by atoms with Gasteiger partial charge in [-0.3, -0.25) is 14.2 Å². The molecule has 0 spiro atoms. The van der Waals surface area contributed by atoms with Crippen molar-refractivity contribution >= 4 is 45.3 Å². The molecule has 5 rings (SSSR count). The maximum absolute atomic E-state index is 13.5. The third-order valence-corrected chi connectivity index (χ3v) is 5.80. The Labute approximate surface area is 204 Å². The van der Waals surface area contributed by atoms with Crippen molar-refractivity contribution in [1.82, 2.24) is 9.13 Å². The van der Waals surface area contributed by atoms with Crippen LogP contribution in [0.1, 0.15) is 5.56 Å². The first-order valence-corrected chi connectivity index (χ1v) is 10.9. The maximum Gasteiger partial charge on any atom is 0.418 e. The van der Waals surface area contributed by atoms with E-state index >= 15 is 0 Å². The number of rotatable bonds is 4. The average Bonchev–Trinajstić information content (AvgIpc) is 3.23. The molecule has 5 aromatic rings. The van der Waals surface area contributed by atoms with Crippen molar-refractivity contribution in [3.05, 3.63) is 104 Å². The van der Waals surface area contributed by atoms with Gasteiger partial charge < -0.3 is 9.73 Å². The number of alkyl halides is 3. The van der Waals surface area contributed by atoms with Crippen LogP contribution in [0.3, 0.4) is 0 Å². The van der Waals surface area contributed by atoms with E-state index < -0.39 is 41.1 Å². The summed E-state index contributed by atoms with van der Waals surface area (Å²) in [6, 6.07) is 16.9. The molecule has 182 valence electrons. The lowest BCUT2D eigenvalue weighted by atomic mass is 10.1. The van der Waals surface area contributed by atoms with Gasteiger partial charge in [0.1, 0.15) is 17.6 Å². The second kappa shape index (κ2) is 8.72. The molecule has 0 atom stereocenters. The highest BCUT2D eigenvalue weighted by atomic mass is 35.5. The van der Waals surface area contributed by atoms with Crippen molar-refractivity contribution in [1.29, 1.82) is 0 Å². The van der Waals surface area contributed by atoms with E-state index in [1.807, 2.05) is 0 Å². The van der Waals surface area contributed by atoms with Crippen LogP contribution in [-0.4, -0.2) is 15.0 Å². The van der Waals surface area contributed by atoms with E-state index in [-0.39, 0.29) is 16.8 Å². The lowest BCUT2D eigenvalue weighted by Gasteiger charge is -2.15. The molecule has 0 aliphatic rings. The lowest BCUT2D eigenvalue weighted by Crippen LogP contribution is -2.40. The molecule has 11 heteroatoms. The molecule has 0 bridgehead atoms. The number of halogens is 4. The van der Waals surface area contributed by atoms with E-state index in [0.717, 1.165) is 21.3 Å². The van der Waals surface area contributed by atoms with Crippen molar-refractivity contribution < 1.29 is 22.4 Å². The minimum Gasteiger partial charge on any atom is -0.449 e. The standard InChI is InChI=1S/C25H15ClF3N3O4/c26-14-9-11-15(12-10-14)32-23(34)22-21(16-5-1-4-8-19(16)36-22)31(24(32)35)13-20(33)30-18-7-3-2-6-17(18)25(27,28)29/h1-12H,13H2,(H,30,33). The van der Waals surface area contributed by atoms with Crippen molar-refractivity contribution in [2.75, 3.05) is 5.32 Å². The third-order valence-electron chi connectivity index (χ3n) is 5.55. The SMILES string of the molecule is O=C(Cn1c(=O)n(-c2ccc(Cl)cc2)c(=O)c2oc3ccccc3c21)Nc1ccccc1C(F)(F)F. The highest BCUT2D eigenvalue weighted by Gasteiger charge is 2.33. The first-order valence-electron chi connectivity index (χ1n) is 10.5. The summed E-state index contributed by atoms with van der Waals surface area (Å²) in [4.78, 5) is 39.7. The molecule has 7 nitrogen and oxygen atoms in total. The number of para-hydroxylation sites is 2. The summed E-state index contributed by atoms with van der Waals surface area (Å²) in [7, 11) is 0. The molecule has 1 N–H and O–H groups in total. The fourth-order valence-corrected chi connectivity index (χ4v) is 4.11. The van der Waals surface area contributed by atoms with Gasteiger partial charge in [0.2, 0.25) is 11.5 Å². The van der Waals surface area contributed by atoms with Gasteiger partial charge in [0.05, 0.1) is 16.9 Å². The zero-order valence-corrected chi connectivity index (χ0v) is 18.9. The molecule has 2 aromatic heterocycles. The average molecular weight is 514 g/mol. The number of nitrogens with zero attached hydrogens (tertiary/aromatic N) is 2. The highest BCUT2D eigenvalue weighted by Crippen LogP contribution is 2.34. The van der Waals surface area contributed by atoms with Gasteiger partial charge >= 0.3 is 17.4 Å². The molecule has 0 radical (unpaired) electrons. The maximum atomic E-state index is 13.5. The van der Waals surface area contributed by atoms with Gasteiger partial charge in [0.15, 0.2) is 0 Å². The number of benzene rings is 3. The topological polar surface area (TPSA) is 86.2 Å². The van der Waals surface area contributed by atoms with E-state index in [1.54, 1.807) is 24.3 Å². The van der Waals surface area contributed by atoms with Crippen LogP contribution >= 0.6 is 11.6 Å². The Balaban J connectivity index is 1.68. The van der Waals surface area contributed by atoms with E-state index in [0.29, 0.717) is 16.0 Å². The molecule has 3 aromatic carbocycles. The summed E-state index contributed by atoms with van der Waals surface area (Å²) in [5.74, 6) is -0.901. The number of nitrogens with one attached hydrogen (secondary N) is 1.